The number of hydrogen-bond donors (Lipinski definition) is 1. The molecule has 0 fully saturated rings. The summed E-state index contributed by atoms with van der Waals surface area (Å²) in [5, 5.41) is 8.07. The molecule has 0 saturated heterocycles. The van der Waals surface area contributed by atoms with E-state index in [1.165, 1.54) is 18.2 Å². The van der Waals surface area contributed by atoms with Gasteiger partial charge in [-0.15, -0.1) is 11.6 Å². The van der Waals surface area contributed by atoms with Crippen molar-refractivity contribution in [3.05, 3.63) is 23.8 Å². The number of carbonyl (C=O) groups is 1. The fourth-order valence-corrected chi connectivity index (χ4v) is 1.84. The summed E-state index contributed by atoms with van der Waals surface area (Å²) in [5.74, 6) is -0.864. The molecule has 0 amide bonds. The van der Waals surface area contributed by atoms with Crippen LogP contribution in [0.5, 0.6) is 11.5 Å². The first-order valence-corrected chi connectivity index (χ1v) is 6.45. The number of halogens is 3. The van der Waals surface area contributed by atoms with Crippen LogP contribution in [0.3, 0.4) is 0 Å². The summed E-state index contributed by atoms with van der Waals surface area (Å²) in [7, 11) is 0. The predicted octanol–water partition coefficient (Wildman–Crippen LogP) is 3.83. The van der Waals surface area contributed by atoms with Crippen molar-refractivity contribution in [3.8, 4) is 11.5 Å². The zero-order valence-corrected chi connectivity index (χ0v) is 11.6. The Hall–Kier alpha value is -1.56. The van der Waals surface area contributed by atoms with E-state index in [9.17, 15) is 13.6 Å². The maximum atomic E-state index is 12.2. The van der Waals surface area contributed by atoms with Gasteiger partial charge >= 0.3 is 12.6 Å². The zero-order chi connectivity index (χ0) is 15.1. The average molecular weight is 309 g/mol. The van der Waals surface area contributed by atoms with Gasteiger partial charge < -0.3 is 14.6 Å². The van der Waals surface area contributed by atoms with Crippen LogP contribution in [0.2, 0.25) is 0 Å². The number of carboxylic acids is 1. The van der Waals surface area contributed by atoms with Crippen molar-refractivity contribution < 1.29 is 28.2 Å². The number of benzene rings is 1. The van der Waals surface area contributed by atoms with Crippen molar-refractivity contribution in [2.75, 3.05) is 6.61 Å². The Kier molecular flexibility index (Phi) is 6.51. The third-order valence-electron chi connectivity index (χ3n) is 2.46. The normalized spacial score (nSPS) is 12.2. The molecule has 1 N–H and O–H groups in total. The lowest BCUT2D eigenvalue weighted by Gasteiger charge is -2.14. The van der Waals surface area contributed by atoms with Crippen LogP contribution in [-0.2, 0) is 4.79 Å². The Balaban J connectivity index is 2.88. The van der Waals surface area contributed by atoms with E-state index < -0.39 is 18.0 Å². The quantitative estimate of drug-likeness (QED) is 0.742. The highest BCUT2D eigenvalue weighted by atomic mass is 35.5. The molecule has 0 aliphatic rings. The monoisotopic (exact) mass is 308 g/mol. The Morgan fingerprint density at radius 1 is 1.40 bits per heavy atom. The van der Waals surface area contributed by atoms with Gasteiger partial charge in [0.05, 0.1) is 12.0 Å². The maximum absolute atomic E-state index is 12.2. The minimum Gasteiger partial charge on any atom is -0.490 e. The largest absolute Gasteiger partial charge is 0.490 e. The molecule has 1 unspecified atom stereocenters. The highest BCUT2D eigenvalue weighted by molar-refractivity contribution is 6.20. The fraction of sp³-hybridized carbons (Fsp3) is 0.462. The van der Waals surface area contributed by atoms with Gasteiger partial charge in [0.1, 0.15) is 0 Å². The minimum atomic E-state index is -2.95. The zero-order valence-electron chi connectivity index (χ0n) is 10.8. The van der Waals surface area contributed by atoms with Crippen LogP contribution in [0.1, 0.15) is 30.7 Å². The third kappa shape index (κ3) is 5.21. The smallest absolute Gasteiger partial charge is 0.387 e. The van der Waals surface area contributed by atoms with Crippen LogP contribution >= 0.6 is 11.6 Å². The van der Waals surface area contributed by atoms with Crippen molar-refractivity contribution in [2.45, 2.75) is 31.8 Å². The number of ether oxygens (including phenoxy) is 2. The summed E-state index contributed by atoms with van der Waals surface area (Å²) < 4.78 is 34.0. The summed E-state index contributed by atoms with van der Waals surface area (Å²) >= 11 is 6.07. The highest BCUT2D eigenvalue weighted by Crippen LogP contribution is 2.35. The van der Waals surface area contributed by atoms with Crippen LogP contribution in [0.15, 0.2) is 18.2 Å². The number of alkyl halides is 3. The van der Waals surface area contributed by atoms with Crippen LogP contribution < -0.4 is 9.47 Å². The fourth-order valence-electron chi connectivity index (χ4n) is 1.60. The van der Waals surface area contributed by atoms with Gasteiger partial charge in [-0.25, -0.2) is 0 Å². The van der Waals surface area contributed by atoms with E-state index in [1.54, 1.807) is 6.92 Å². The topological polar surface area (TPSA) is 55.8 Å². The Labute approximate surface area is 120 Å². The summed E-state index contributed by atoms with van der Waals surface area (Å²) in [6, 6.07) is 4.34. The first kappa shape index (κ1) is 16.5. The van der Waals surface area contributed by atoms with Crippen molar-refractivity contribution in [3.63, 3.8) is 0 Å². The molecule has 0 saturated carbocycles. The summed E-state index contributed by atoms with van der Waals surface area (Å²) in [4.78, 5) is 10.5. The molecule has 0 aliphatic carbocycles. The average Bonchev–Trinajstić information content (AvgIpc) is 2.37. The van der Waals surface area contributed by atoms with Crippen molar-refractivity contribution >= 4 is 17.6 Å². The van der Waals surface area contributed by atoms with E-state index in [1.807, 2.05) is 0 Å². The van der Waals surface area contributed by atoms with Gasteiger partial charge in [-0.05, 0) is 31.0 Å². The van der Waals surface area contributed by atoms with Crippen molar-refractivity contribution in [1.82, 2.24) is 0 Å². The predicted molar refractivity (Wildman–Crippen MR) is 69.7 cm³/mol. The van der Waals surface area contributed by atoms with Gasteiger partial charge in [-0.3, -0.25) is 4.79 Å². The van der Waals surface area contributed by atoms with Gasteiger partial charge in [0.25, 0.3) is 0 Å². The van der Waals surface area contributed by atoms with E-state index in [4.69, 9.17) is 21.4 Å². The molecule has 1 aromatic carbocycles. The molecule has 1 atom stereocenters. The molecule has 0 spiro atoms. The van der Waals surface area contributed by atoms with E-state index >= 15 is 0 Å². The van der Waals surface area contributed by atoms with E-state index in [2.05, 4.69) is 4.74 Å². The molecule has 0 heterocycles. The van der Waals surface area contributed by atoms with E-state index in [-0.39, 0.29) is 30.9 Å². The van der Waals surface area contributed by atoms with Crippen LogP contribution in [0.25, 0.3) is 0 Å². The lowest BCUT2D eigenvalue weighted by Crippen LogP contribution is -2.05. The molecule has 112 valence electrons. The summed E-state index contributed by atoms with van der Waals surface area (Å²) in [6.45, 7) is -0.953. The number of hydrogen-bond acceptors (Lipinski definition) is 3. The Morgan fingerprint density at radius 2 is 2.10 bits per heavy atom. The van der Waals surface area contributed by atoms with Gasteiger partial charge in [0, 0.05) is 6.42 Å². The first-order valence-electron chi connectivity index (χ1n) is 6.01. The number of aliphatic carboxylic acids is 1. The molecule has 1 aromatic rings. The van der Waals surface area contributed by atoms with Crippen LogP contribution in [0, 0.1) is 0 Å². The lowest BCUT2D eigenvalue weighted by molar-refractivity contribution is -0.137. The molecule has 4 nitrogen and oxygen atoms in total. The second-order valence-electron chi connectivity index (χ2n) is 3.92. The second-order valence-corrected chi connectivity index (χ2v) is 4.44. The van der Waals surface area contributed by atoms with Crippen molar-refractivity contribution in [1.29, 1.82) is 0 Å². The third-order valence-corrected chi connectivity index (χ3v) is 2.93. The SMILES string of the molecule is CCOc1cc(C(Cl)CCC(=O)O)ccc1OC(F)F. The minimum absolute atomic E-state index is 0.0760. The molecule has 0 radical (unpaired) electrons. The molecule has 7 heteroatoms. The molecule has 0 aromatic heterocycles. The Bertz CT molecular complexity index is 454. The van der Waals surface area contributed by atoms with E-state index in [0.29, 0.717) is 5.56 Å². The Morgan fingerprint density at radius 3 is 2.65 bits per heavy atom. The highest BCUT2D eigenvalue weighted by Gasteiger charge is 2.16. The van der Waals surface area contributed by atoms with E-state index in [0.717, 1.165) is 0 Å². The van der Waals surface area contributed by atoms with Crippen molar-refractivity contribution in [2.24, 2.45) is 0 Å². The lowest BCUT2D eigenvalue weighted by atomic mass is 10.1. The molecule has 20 heavy (non-hydrogen) atoms. The molecule has 0 bridgehead atoms. The molecule has 0 aliphatic heterocycles. The summed E-state index contributed by atoms with van der Waals surface area (Å²) in [6.07, 6.45) is 0.158. The number of carboxylic acid groups (broad SMARTS) is 1. The van der Waals surface area contributed by atoms with Gasteiger partial charge in [0.2, 0.25) is 0 Å². The van der Waals surface area contributed by atoms with Crippen LogP contribution in [0.4, 0.5) is 8.78 Å². The number of rotatable bonds is 8. The molecular formula is C13H15ClF2O4. The molecular weight excluding hydrogens is 294 g/mol. The van der Waals surface area contributed by atoms with Gasteiger partial charge in [-0.2, -0.15) is 8.78 Å². The van der Waals surface area contributed by atoms with Gasteiger partial charge in [-0.1, -0.05) is 6.07 Å². The standard InChI is InChI=1S/C13H15ClF2O4/c1-2-19-11-7-8(9(14)4-6-12(17)18)3-5-10(11)20-13(15)16/h3,5,7,9,13H,2,4,6H2,1H3,(H,17,18). The first-order chi connectivity index (χ1) is 9.43. The summed E-state index contributed by atoms with van der Waals surface area (Å²) in [5.41, 5.74) is 0.595. The molecule has 1 rings (SSSR count). The van der Waals surface area contributed by atoms with Crippen LogP contribution in [-0.4, -0.2) is 24.3 Å². The second kappa shape index (κ2) is 7.89. The van der Waals surface area contributed by atoms with Gasteiger partial charge in [0.15, 0.2) is 11.5 Å². The maximum Gasteiger partial charge on any atom is 0.387 e.